The Morgan fingerprint density at radius 1 is 1.41 bits per heavy atom. The minimum absolute atomic E-state index is 0.0406. The molecule has 0 radical (unpaired) electrons. The van der Waals surface area contributed by atoms with Crippen LogP contribution in [0.25, 0.3) is 0 Å². The molecule has 1 aliphatic heterocycles. The summed E-state index contributed by atoms with van der Waals surface area (Å²) < 4.78 is 10.8. The number of carbonyl (C=O) groups is 2. The SMILES string of the molecule is Cc1ccc(C)c(OCCC(=O)N2CCOCC2C(=O)O)c1. The van der Waals surface area contributed by atoms with Crippen molar-refractivity contribution in [3.8, 4) is 5.75 Å². The molecule has 0 saturated carbocycles. The van der Waals surface area contributed by atoms with Gasteiger partial charge in [0, 0.05) is 6.54 Å². The predicted octanol–water partition coefficient (Wildman–Crippen LogP) is 1.38. The second-order valence-electron chi connectivity index (χ2n) is 5.38. The quantitative estimate of drug-likeness (QED) is 0.889. The van der Waals surface area contributed by atoms with Gasteiger partial charge in [-0.05, 0) is 31.0 Å². The monoisotopic (exact) mass is 307 g/mol. The number of amides is 1. The van der Waals surface area contributed by atoms with E-state index in [9.17, 15) is 9.59 Å². The van der Waals surface area contributed by atoms with Crippen LogP contribution in [0.3, 0.4) is 0 Å². The van der Waals surface area contributed by atoms with Crippen molar-refractivity contribution in [3.63, 3.8) is 0 Å². The fourth-order valence-electron chi connectivity index (χ4n) is 2.36. The molecule has 1 aromatic carbocycles. The summed E-state index contributed by atoms with van der Waals surface area (Å²) in [7, 11) is 0. The van der Waals surface area contributed by atoms with Gasteiger partial charge < -0.3 is 19.5 Å². The third-order valence-electron chi connectivity index (χ3n) is 3.65. The second kappa shape index (κ2) is 7.26. The Hall–Kier alpha value is -2.08. The zero-order valence-corrected chi connectivity index (χ0v) is 12.9. The van der Waals surface area contributed by atoms with Crippen molar-refractivity contribution in [1.29, 1.82) is 0 Å². The van der Waals surface area contributed by atoms with E-state index in [1.165, 1.54) is 4.90 Å². The van der Waals surface area contributed by atoms with Gasteiger partial charge in [-0.15, -0.1) is 0 Å². The van der Waals surface area contributed by atoms with Crippen LogP contribution in [-0.2, 0) is 14.3 Å². The summed E-state index contributed by atoms with van der Waals surface area (Å²) in [5.74, 6) is -0.505. The average molecular weight is 307 g/mol. The zero-order chi connectivity index (χ0) is 16.1. The lowest BCUT2D eigenvalue weighted by molar-refractivity contribution is -0.158. The Morgan fingerprint density at radius 3 is 2.91 bits per heavy atom. The highest BCUT2D eigenvalue weighted by molar-refractivity contribution is 5.84. The smallest absolute Gasteiger partial charge is 0.328 e. The lowest BCUT2D eigenvalue weighted by Crippen LogP contribution is -2.52. The molecule has 2 rings (SSSR count). The molecule has 1 fully saturated rings. The zero-order valence-electron chi connectivity index (χ0n) is 12.9. The number of hydrogen-bond acceptors (Lipinski definition) is 4. The molecule has 1 saturated heterocycles. The maximum atomic E-state index is 12.2. The van der Waals surface area contributed by atoms with E-state index < -0.39 is 12.0 Å². The molecule has 6 nitrogen and oxygen atoms in total. The first-order chi connectivity index (χ1) is 10.5. The number of carboxylic acid groups (broad SMARTS) is 1. The molecule has 1 amide bonds. The number of hydrogen-bond donors (Lipinski definition) is 1. The first-order valence-electron chi connectivity index (χ1n) is 7.29. The number of ether oxygens (including phenoxy) is 2. The van der Waals surface area contributed by atoms with Crippen molar-refractivity contribution >= 4 is 11.9 Å². The van der Waals surface area contributed by atoms with Gasteiger partial charge in [0.25, 0.3) is 0 Å². The lowest BCUT2D eigenvalue weighted by Gasteiger charge is -2.32. The van der Waals surface area contributed by atoms with Crippen molar-refractivity contribution in [1.82, 2.24) is 4.90 Å². The number of nitrogens with zero attached hydrogens (tertiary/aromatic N) is 1. The molecule has 1 aromatic rings. The van der Waals surface area contributed by atoms with Gasteiger partial charge in [0.05, 0.1) is 26.2 Å². The summed E-state index contributed by atoms with van der Waals surface area (Å²) in [5.41, 5.74) is 2.10. The summed E-state index contributed by atoms with van der Waals surface area (Å²) in [6.45, 7) is 4.86. The fraction of sp³-hybridized carbons (Fsp3) is 0.500. The van der Waals surface area contributed by atoms with Gasteiger partial charge in [0.2, 0.25) is 5.91 Å². The van der Waals surface area contributed by atoms with Crippen LogP contribution in [0, 0.1) is 13.8 Å². The van der Waals surface area contributed by atoms with Crippen LogP contribution in [0.2, 0.25) is 0 Å². The highest BCUT2D eigenvalue weighted by atomic mass is 16.5. The van der Waals surface area contributed by atoms with Gasteiger partial charge in [-0.1, -0.05) is 12.1 Å². The number of morpholine rings is 1. The van der Waals surface area contributed by atoms with E-state index in [0.29, 0.717) is 13.2 Å². The predicted molar refractivity (Wildman–Crippen MR) is 80.0 cm³/mol. The van der Waals surface area contributed by atoms with Crippen LogP contribution in [0.15, 0.2) is 18.2 Å². The second-order valence-corrected chi connectivity index (χ2v) is 5.38. The lowest BCUT2D eigenvalue weighted by atomic mass is 10.1. The summed E-state index contributed by atoms with van der Waals surface area (Å²) in [6.07, 6.45) is 0.150. The van der Waals surface area contributed by atoms with E-state index in [1.807, 2.05) is 32.0 Å². The maximum absolute atomic E-state index is 12.2. The maximum Gasteiger partial charge on any atom is 0.328 e. The molecular weight excluding hydrogens is 286 g/mol. The molecule has 6 heteroatoms. The van der Waals surface area contributed by atoms with Gasteiger partial charge >= 0.3 is 5.97 Å². The summed E-state index contributed by atoms with van der Waals surface area (Å²) >= 11 is 0. The summed E-state index contributed by atoms with van der Waals surface area (Å²) in [5, 5.41) is 9.12. The number of aliphatic carboxylic acids is 1. The normalized spacial score (nSPS) is 18.1. The van der Waals surface area contributed by atoms with Crippen LogP contribution >= 0.6 is 0 Å². The molecule has 1 atom stereocenters. The third-order valence-corrected chi connectivity index (χ3v) is 3.65. The number of benzene rings is 1. The van der Waals surface area contributed by atoms with E-state index in [-0.39, 0.29) is 25.5 Å². The molecule has 1 unspecified atom stereocenters. The van der Waals surface area contributed by atoms with E-state index in [2.05, 4.69) is 0 Å². The van der Waals surface area contributed by atoms with E-state index in [0.717, 1.165) is 16.9 Å². The van der Waals surface area contributed by atoms with E-state index in [1.54, 1.807) is 0 Å². The van der Waals surface area contributed by atoms with Crippen LogP contribution < -0.4 is 4.74 Å². The molecule has 22 heavy (non-hydrogen) atoms. The van der Waals surface area contributed by atoms with Crippen LogP contribution in [0.4, 0.5) is 0 Å². The number of rotatable bonds is 5. The van der Waals surface area contributed by atoms with Crippen molar-refractivity contribution in [2.24, 2.45) is 0 Å². The molecule has 120 valence electrons. The highest BCUT2D eigenvalue weighted by Gasteiger charge is 2.32. The van der Waals surface area contributed by atoms with Crippen LogP contribution in [-0.4, -0.2) is 54.3 Å². The van der Waals surface area contributed by atoms with E-state index in [4.69, 9.17) is 14.6 Å². The van der Waals surface area contributed by atoms with Crippen LogP contribution in [0.5, 0.6) is 5.75 Å². The Kier molecular flexibility index (Phi) is 5.38. The first-order valence-corrected chi connectivity index (χ1v) is 7.29. The number of carbonyl (C=O) groups excluding carboxylic acids is 1. The van der Waals surface area contributed by atoms with Crippen molar-refractivity contribution in [2.75, 3.05) is 26.4 Å². The highest BCUT2D eigenvalue weighted by Crippen LogP contribution is 2.19. The summed E-state index contributed by atoms with van der Waals surface area (Å²) in [6, 6.07) is 4.99. The molecule has 0 aromatic heterocycles. The number of carboxylic acids is 1. The molecule has 0 spiro atoms. The molecule has 0 aliphatic carbocycles. The first kappa shape index (κ1) is 16.3. The Labute approximate surface area is 129 Å². The van der Waals surface area contributed by atoms with Gasteiger partial charge in [-0.25, -0.2) is 4.79 Å². The van der Waals surface area contributed by atoms with Crippen molar-refractivity contribution < 1.29 is 24.2 Å². The summed E-state index contributed by atoms with van der Waals surface area (Å²) in [4.78, 5) is 24.7. The Bertz CT molecular complexity index is 557. The minimum Gasteiger partial charge on any atom is -0.493 e. The standard InChI is InChI=1S/C16H21NO5/c1-11-3-4-12(2)14(9-11)22-7-5-15(18)17-6-8-21-10-13(17)16(19)20/h3-4,9,13H,5-8,10H2,1-2H3,(H,19,20). The van der Waals surface area contributed by atoms with E-state index >= 15 is 0 Å². The Balaban J connectivity index is 1.89. The topological polar surface area (TPSA) is 76.1 Å². The van der Waals surface area contributed by atoms with Gasteiger partial charge in [0.15, 0.2) is 6.04 Å². The van der Waals surface area contributed by atoms with Crippen LogP contribution in [0.1, 0.15) is 17.5 Å². The molecule has 0 bridgehead atoms. The molecule has 1 aliphatic rings. The third kappa shape index (κ3) is 3.98. The minimum atomic E-state index is -1.04. The average Bonchev–Trinajstić information content (AvgIpc) is 2.50. The molecular formula is C16H21NO5. The van der Waals surface area contributed by atoms with Gasteiger partial charge in [-0.3, -0.25) is 4.79 Å². The Morgan fingerprint density at radius 2 is 2.18 bits per heavy atom. The van der Waals surface area contributed by atoms with Crippen molar-refractivity contribution in [3.05, 3.63) is 29.3 Å². The number of aryl methyl sites for hydroxylation is 2. The molecule has 1 N–H and O–H groups in total. The van der Waals surface area contributed by atoms with Gasteiger partial charge in [-0.2, -0.15) is 0 Å². The fourth-order valence-corrected chi connectivity index (χ4v) is 2.36. The van der Waals surface area contributed by atoms with Gasteiger partial charge in [0.1, 0.15) is 5.75 Å². The largest absolute Gasteiger partial charge is 0.493 e. The molecule has 1 heterocycles. The van der Waals surface area contributed by atoms with Crippen molar-refractivity contribution in [2.45, 2.75) is 26.3 Å².